The number of halogens is 1. The topological polar surface area (TPSA) is 72.9 Å². The number of amides is 1. The van der Waals surface area contributed by atoms with Crippen LogP contribution in [0, 0.1) is 0 Å². The van der Waals surface area contributed by atoms with Crippen molar-refractivity contribution in [1.29, 1.82) is 0 Å². The number of carbonyl (C=O) groups excluding carboxylic acids is 3. The third-order valence-electron chi connectivity index (χ3n) is 10.5. The molecule has 57 heavy (non-hydrogen) atoms. The van der Waals surface area contributed by atoms with Crippen molar-refractivity contribution in [3.05, 3.63) is 24.3 Å². The van der Waals surface area contributed by atoms with Crippen LogP contribution in [0.3, 0.4) is 0 Å². The first-order valence-corrected chi connectivity index (χ1v) is 24.6. The third kappa shape index (κ3) is 42.6. The smallest absolute Gasteiger partial charge is 0.305 e. The number of rotatable bonds is 41. The van der Waals surface area contributed by atoms with Crippen molar-refractivity contribution < 1.29 is 45.3 Å². The number of ether oxygens (including phenoxy) is 2. The maximum Gasteiger partial charge on any atom is 0.305 e. The highest BCUT2D eigenvalue weighted by molar-refractivity contribution is 8.13. The molecule has 0 aliphatic rings. The molecule has 0 aromatic carbocycles. The molecule has 0 unspecified atom stereocenters. The summed E-state index contributed by atoms with van der Waals surface area (Å²) in [5, 5.41) is -0.0527. The highest BCUT2D eigenvalue weighted by atomic mass is 79.9. The zero-order valence-corrected chi connectivity index (χ0v) is 40.4. The Balaban J connectivity index is 0. The Kier molecular flexibility index (Phi) is 44.8. The first-order valence-electron chi connectivity index (χ1n) is 23.6. The van der Waals surface area contributed by atoms with Gasteiger partial charge in [0, 0.05) is 12.8 Å². The molecule has 0 rings (SSSR count). The molecule has 0 aliphatic carbocycles. The fourth-order valence-electron chi connectivity index (χ4n) is 6.85. The fraction of sp³-hybridized carbons (Fsp3) is 0.854. The lowest BCUT2D eigenvalue weighted by Gasteiger charge is -2.29. The lowest BCUT2D eigenvalue weighted by molar-refractivity contribution is -0.887. The van der Waals surface area contributed by atoms with Crippen molar-refractivity contribution >= 4 is 28.9 Å². The van der Waals surface area contributed by atoms with Crippen molar-refractivity contribution in [2.45, 2.75) is 207 Å². The van der Waals surface area contributed by atoms with E-state index in [4.69, 9.17) is 9.47 Å². The van der Waals surface area contributed by atoms with Crippen LogP contribution in [0.15, 0.2) is 24.3 Å². The minimum atomic E-state index is -0.201. The van der Waals surface area contributed by atoms with Gasteiger partial charge in [0.25, 0.3) is 5.24 Å². The quantitative estimate of drug-likeness (QED) is 0.0264. The molecule has 0 fully saturated rings. The van der Waals surface area contributed by atoms with Crippen LogP contribution in [0.1, 0.15) is 207 Å². The molecular formula is C48H91BrN2O5S. The monoisotopic (exact) mass is 887 g/mol. The lowest BCUT2D eigenvalue weighted by atomic mass is 10.1. The molecule has 0 aromatic rings. The summed E-state index contributed by atoms with van der Waals surface area (Å²) in [5.74, 6) is 0.313. The SMILES string of the molecule is CCCCCCCC/C=C\CCCCCCCC(=O)OCCN(CCOC(=O)CCCCCCC/C=C\CCCCCCCC)C(=O)SCC[N+](C)(C)CCC.[Br-]. The predicted molar refractivity (Wildman–Crippen MR) is 242 cm³/mol. The van der Waals surface area contributed by atoms with Crippen molar-refractivity contribution in [2.75, 3.05) is 59.2 Å². The molecule has 0 bridgehead atoms. The molecule has 0 saturated heterocycles. The van der Waals surface area contributed by atoms with Gasteiger partial charge in [-0.05, 0) is 70.6 Å². The second-order valence-corrected chi connectivity index (χ2v) is 17.6. The molecular weight excluding hydrogens is 797 g/mol. The Morgan fingerprint density at radius 3 is 1.21 bits per heavy atom. The molecule has 0 radical (unpaired) electrons. The second kappa shape index (κ2) is 44.2. The number of carbonyl (C=O) groups is 3. The summed E-state index contributed by atoms with van der Waals surface area (Å²) in [7, 11) is 4.38. The number of nitrogens with zero attached hydrogens (tertiary/aromatic N) is 2. The molecule has 7 nitrogen and oxygen atoms in total. The second-order valence-electron chi connectivity index (χ2n) is 16.6. The van der Waals surface area contributed by atoms with Gasteiger partial charge in [-0.3, -0.25) is 14.4 Å². The molecule has 1 amide bonds. The number of quaternary nitrogens is 1. The van der Waals surface area contributed by atoms with E-state index in [0.717, 1.165) is 75.4 Å². The molecule has 0 saturated carbocycles. The summed E-state index contributed by atoms with van der Waals surface area (Å²) in [6.07, 6.45) is 43.1. The van der Waals surface area contributed by atoms with Crippen LogP contribution in [0.4, 0.5) is 4.79 Å². The van der Waals surface area contributed by atoms with E-state index in [1.807, 2.05) is 0 Å². The van der Waals surface area contributed by atoms with Crippen LogP contribution in [0.2, 0.25) is 0 Å². The average Bonchev–Trinajstić information content (AvgIpc) is 3.17. The molecule has 0 spiro atoms. The van der Waals surface area contributed by atoms with Crippen LogP contribution in [-0.4, -0.2) is 85.8 Å². The molecule has 9 heteroatoms. The Morgan fingerprint density at radius 1 is 0.491 bits per heavy atom. The van der Waals surface area contributed by atoms with Gasteiger partial charge in [-0.15, -0.1) is 0 Å². The summed E-state index contributed by atoms with van der Waals surface area (Å²) >= 11 is 1.30. The van der Waals surface area contributed by atoms with Crippen LogP contribution >= 0.6 is 11.8 Å². The first-order chi connectivity index (χ1) is 27.3. The van der Waals surface area contributed by atoms with Crippen molar-refractivity contribution in [3.8, 4) is 0 Å². The number of esters is 2. The molecule has 0 heterocycles. The van der Waals surface area contributed by atoms with E-state index in [2.05, 4.69) is 59.2 Å². The summed E-state index contributed by atoms with van der Waals surface area (Å²) in [5.41, 5.74) is 0. The maximum atomic E-state index is 13.2. The fourth-order valence-corrected chi connectivity index (χ4v) is 7.97. The average molecular weight is 888 g/mol. The number of unbranched alkanes of at least 4 members (excludes halogenated alkanes) is 22. The normalized spacial score (nSPS) is 11.7. The van der Waals surface area contributed by atoms with Gasteiger partial charge in [-0.1, -0.05) is 160 Å². The van der Waals surface area contributed by atoms with Gasteiger partial charge < -0.3 is 35.8 Å². The van der Waals surface area contributed by atoms with E-state index in [0.29, 0.717) is 31.7 Å². The minimum absolute atomic E-state index is 0. The largest absolute Gasteiger partial charge is 1.00 e. The number of hydrogen-bond donors (Lipinski definition) is 0. The highest BCUT2D eigenvalue weighted by Crippen LogP contribution is 2.14. The maximum absolute atomic E-state index is 13.2. The van der Waals surface area contributed by atoms with Gasteiger partial charge in [0.2, 0.25) is 0 Å². The Bertz CT molecular complexity index is 918. The van der Waals surface area contributed by atoms with Crippen LogP contribution < -0.4 is 17.0 Å². The van der Waals surface area contributed by atoms with Gasteiger partial charge >= 0.3 is 11.9 Å². The molecule has 0 N–H and O–H groups in total. The summed E-state index contributed by atoms with van der Waals surface area (Å²) in [4.78, 5) is 39.7. The Morgan fingerprint density at radius 2 is 0.842 bits per heavy atom. The van der Waals surface area contributed by atoms with E-state index >= 15 is 0 Å². The van der Waals surface area contributed by atoms with Crippen LogP contribution in [0.5, 0.6) is 0 Å². The molecule has 336 valence electrons. The van der Waals surface area contributed by atoms with Crippen molar-refractivity contribution in [1.82, 2.24) is 4.90 Å². The van der Waals surface area contributed by atoms with Gasteiger partial charge in [-0.25, -0.2) is 0 Å². The van der Waals surface area contributed by atoms with Gasteiger partial charge in [-0.2, -0.15) is 0 Å². The van der Waals surface area contributed by atoms with Crippen molar-refractivity contribution in [2.24, 2.45) is 0 Å². The van der Waals surface area contributed by atoms with Gasteiger partial charge in [0.05, 0.1) is 46.0 Å². The first kappa shape index (κ1) is 57.8. The zero-order chi connectivity index (χ0) is 41.2. The van der Waals surface area contributed by atoms with E-state index in [-0.39, 0.29) is 47.4 Å². The van der Waals surface area contributed by atoms with Gasteiger partial charge in [0.1, 0.15) is 13.2 Å². The van der Waals surface area contributed by atoms with Crippen LogP contribution in [-0.2, 0) is 19.1 Å². The minimum Gasteiger partial charge on any atom is -1.00 e. The molecule has 0 atom stereocenters. The van der Waals surface area contributed by atoms with E-state index in [1.54, 1.807) is 4.90 Å². The van der Waals surface area contributed by atoms with Crippen LogP contribution in [0.25, 0.3) is 0 Å². The number of allylic oxidation sites excluding steroid dienone is 4. The standard InChI is InChI=1S/C48H91N2O5S.BrH/c1-6-9-11-13-15-17-19-21-23-25-27-29-31-33-35-37-46(51)54-43-39-49(48(53)56-45-42-50(4,5)41-8-3)40-44-55-47(52)38-36-34-32-30-28-26-24-22-20-18-16-14-12-10-7-2;/h21-24H,6-20,25-45H2,1-5H3;1H/q+1;/p-1/b23-21-,24-22-;. The highest BCUT2D eigenvalue weighted by Gasteiger charge is 2.19. The number of thioether (sulfide) groups is 1. The summed E-state index contributed by atoms with van der Waals surface area (Å²) in [6.45, 7) is 9.61. The Labute approximate surface area is 368 Å². The van der Waals surface area contributed by atoms with E-state index < -0.39 is 0 Å². The van der Waals surface area contributed by atoms with Gasteiger partial charge in [0.15, 0.2) is 0 Å². The van der Waals surface area contributed by atoms with Crippen molar-refractivity contribution in [3.63, 3.8) is 0 Å². The van der Waals surface area contributed by atoms with E-state index in [1.165, 1.54) is 127 Å². The zero-order valence-electron chi connectivity index (χ0n) is 38.0. The molecule has 0 aromatic heterocycles. The molecule has 0 aliphatic heterocycles. The lowest BCUT2D eigenvalue weighted by Crippen LogP contribution is -3.00. The summed E-state index contributed by atoms with van der Waals surface area (Å²) in [6, 6.07) is 0. The third-order valence-corrected chi connectivity index (χ3v) is 11.4. The number of hydrogen-bond acceptors (Lipinski definition) is 6. The Hall–Kier alpha value is -1.32. The van der Waals surface area contributed by atoms with E-state index in [9.17, 15) is 14.4 Å². The predicted octanol–water partition coefficient (Wildman–Crippen LogP) is 10.8. The summed E-state index contributed by atoms with van der Waals surface area (Å²) < 4.78 is 11.9.